The number of likely N-dealkylation sites (N-methyl/N-ethyl adjacent to an activating group) is 1. The molecule has 7 rings (SSSR count). The molecule has 3 aliphatic carbocycles. The predicted octanol–water partition coefficient (Wildman–Crippen LogP) is 7.96. The molecule has 0 spiro atoms. The summed E-state index contributed by atoms with van der Waals surface area (Å²) >= 11 is 0. The number of amides is 3. The fourth-order valence-corrected chi connectivity index (χ4v) is 7.38. The van der Waals surface area contributed by atoms with Crippen molar-refractivity contribution < 1.29 is 18.8 Å². The van der Waals surface area contributed by atoms with Gasteiger partial charge in [-0.25, -0.2) is 4.39 Å². The fourth-order valence-electron chi connectivity index (χ4n) is 7.38. The van der Waals surface area contributed by atoms with Crippen molar-refractivity contribution in [1.29, 1.82) is 0 Å². The van der Waals surface area contributed by atoms with E-state index in [-0.39, 0.29) is 35.6 Å². The van der Waals surface area contributed by atoms with E-state index in [4.69, 9.17) is 0 Å². The second-order valence-electron chi connectivity index (χ2n) is 14.0. The van der Waals surface area contributed by atoms with Gasteiger partial charge in [0, 0.05) is 30.1 Å². The highest BCUT2D eigenvalue weighted by Gasteiger charge is 2.53. The molecule has 248 valence electrons. The molecule has 48 heavy (non-hydrogen) atoms. The third kappa shape index (κ3) is 6.91. The van der Waals surface area contributed by atoms with Crippen LogP contribution in [0.25, 0.3) is 11.1 Å². The molecule has 4 aromatic rings. The number of benzene rings is 4. The van der Waals surface area contributed by atoms with Gasteiger partial charge in [0.05, 0.1) is 0 Å². The summed E-state index contributed by atoms with van der Waals surface area (Å²) in [6.45, 7) is 4.62. The number of nitrogens with zero attached hydrogens (tertiary/aromatic N) is 1. The molecule has 0 unspecified atom stereocenters. The second-order valence-corrected chi connectivity index (χ2v) is 14.0. The Morgan fingerprint density at radius 2 is 1.35 bits per heavy atom. The first-order chi connectivity index (χ1) is 23.1. The zero-order chi connectivity index (χ0) is 33.9. The third-order valence-electron chi connectivity index (χ3n) is 10.5. The lowest BCUT2D eigenvalue weighted by Crippen LogP contribution is -2.60. The normalized spacial score (nSPS) is 20.6. The Kier molecular flexibility index (Phi) is 9.49. The fraction of sp³-hybridized carbons (Fsp3) is 0.341. The van der Waals surface area contributed by atoms with Crippen LogP contribution in [0.3, 0.4) is 0 Å². The number of fused-ring (bicyclic) bond motifs is 3. The van der Waals surface area contributed by atoms with E-state index in [0.717, 1.165) is 16.7 Å². The molecule has 6 nitrogen and oxygen atoms in total. The van der Waals surface area contributed by atoms with E-state index in [0.29, 0.717) is 55.6 Å². The van der Waals surface area contributed by atoms with Gasteiger partial charge < -0.3 is 15.5 Å². The lowest BCUT2D eigenvalue weighted by Gasteiger charge is -2.52. The number of rotatable bonds is 10. The molecular weight excluding hydrogens is 601 g/mol. The second kappa shape index (κ2) is 13.8. The van der Waals surface area contributed by atoms with Crippen molar-refractivity contribution >= 4 is 17.7 Å². The van der Waals surface area contributed by atoms with E-state index < -0.39 is 11.5 Å². The van der Waals surface area contributed by atoms with Crippen LogP contribution in [0.1, 0.15) is 91.4 Å². The molecule has 0 aliphatic heterocycles. The van der Waals surface area contributed by atoms with Crippen LogP contribution in [0, 0.1) is 11.2 Å². The average Bonchev–Trinajstić information content (AvgIpc) is 3.12. The minimum atomic E-state index is -0.849. The standard InChI is InChI=1S/C41H44FN3O3/c1-28(2)30-15-17-31(18-16-30)34-11-7-8-12-35(34)37(46)44-41-24-21-40(22-25-41,23-26-41)39(48)43-36(32-9-5-4-6-10-32)38(47)45(3)27-29-13-19-33(42)20-14-29/h4-20,28,36H,21-27H2,1-3H3,(H,43,48)(H,44,46)/t36-,40?,41?/m0/s1. The van der Waals surface area contributed by atoms with Crippen LogP contribution in [-0.2, 0) is 16.1 Å². The molecule has 0 radical (unpaired) electrons. The topological polar surface area (TPSA) is 78.5 Å². The lowest BCUT2D eigenvalue weighted by atomic mass is 9.56. The summed E-state index contributed by atoms with van der Waals surface area (Å²) in [5.41, 5.74) is 4.38. The van der Waals surface area contributed by atoms with Gasteiger partial charge in [0.2, 0.25) is 11.8 Å². The minimum Gasteiger partial charge on any atom is -0.347 e. The molecule has 3 aliphatic rings. The molecule has 1 atom stereocenters. The molecule has 2 bridgehead atoms. The molecule has 3 amide bonds. The number of hydrogen-bond donors (Lipinski definition) is 2. The maximum absolute atomic E-state index is 14.1. The molecule has 0 saturated heterocycles. The van der Waals surface area contributed by atoms with Crippen LogP contribution in [0.4, 0.5) is 4.39 Å². The van der Waals surface area contributed by atoms with Crippen molar-refractivity contribution in [2.75, 3.05) is 7.05 Å². The molecule has 3 saturated carbocycles. The van der Waals surface area contributed by atoms with E-state index >= 15 is 0 Å². The quantitative estimate of drug-likeness (QED) is 0.184. The van der Waals surface area contributed by atoms with Crippen LogP contribution in [-0.4, -0.2) is 35.2 Å². The van der Waals surface area contributed by atoms with Gasteiger partial charge in [0.25, 0.3) is 5.91 Å². The average molecular weight is 646 g/mol. The van der Waals surface area contributed by atoms with Gasteiger partial charge in [-0.05, 0) is 90.5 Å². The Morgan fingerprint density at radius 3 is 1.98 bits per heavy atom. The Morgan fingerprint density at radius 1 is 0.750 bits per heavy atom. The van der Waals surface area contributed by atoms with Gasteiger partial charge in [0.15, 0.2) is 0 Å². The summed E-state index contributed by atoms with van der Waals surface area (Å²) in [7, 11) is 1.70. The molecule has 0 aromatic heterocycles. The monoisotopic (exact) mass is 645 g/mol. The molecule has 4 aromatic carbocycles. The van der Waals surface area contributed by atoms with Gasteiger partial charge in [-0.2, -0.15) is 0 Å². The minimum absolute atomic E-state index is 0.0867. The highest BCUT2D eigenvalue weighted by molar-refractivity contribution is 6.01. The largest absolute Gasteiger partial charge is 0.347 e. The number of halogens is 1. The van der Waals surface area contributed by atoms with Crippen molar-refractivity contribution in [3.8, 4) is 11.1 Å². The number of nitrogens with one attached hydrogen (secondary N) is 2. The van der Waals surface area contributed by atoms with Crippen LogP contribution in [0.15, 0.2) is 103 Å². The van der Waals surface area contributed by atoms with Crippen molar-refractivity contribution in [1.82, 2.24) is 15.5 Å². The number of carbonyl (C=O) groups is 3. The number of carbonyl (C=O) groups excluding carboxylic acids is 3. The smallest absolute Gasteiger partial charge is 0.252 e. The zero-order valence-electron chi connectivity index (χ0n) is 28.0. The van der Waals surface area contributed by atoms with Gasteiger partial charge in [0.1, 0.15) is 11.9 Å². The van der Waals surface area contributed by atoms with Crippen molar-refractivity contribution in [3.63, 3.8) is 0 Å². The van der Waals surface area contributed by atoms with Gasteiger partial charge in [-0.1, -0.05) is 98.8 Å². The first-order valence-corrected chi connectivity index (χ1v) is 17.0. The Balaban J connectivity index is 1.14. The Bertz CT molecular complexity index is 1740. The lowest BCUT2D eigenvalue weighted by molar-refractivity contribution is -0.143. The van der Waals surface area contributed by atoms with Crippen LogP contribution in [0.5, 0.6) is 0 Å². The first-order valence-electron chi connectivity index (χ1n) is 17.0. The maximum atomic E-state index is 14.1. The molecular formula is C41H44FN3O3. The van der Waals surface area contributed by atoms with Crippen molar-refractivity contribution in [3.05, 3.63) is 131 Å². The predicted molar refractivity (Wildman–Crippen MR) is 186 cm³/mol. The Labute approximate surface area is 282 Å². The molecule has 2 N–H and O–H groups in total. The van der Waals surface area contributed by atoms with E-state index in [1.807, 2.05) is 54.6 Å². The van der Waals surface area contributed by atoms with Gasteiger partial charge in [-0.15, -0.1) is 0 Å². The molecule has 0 heterocycles. The molecule has 7 heteroatoms. The van der Waals surface area contributed by atoms with Gasteiger partial charge in [-0.3, -0.25) is 14.4 Å². The van der Waals surface area contributed by atoms with E-state index in [1.54, 1.807) is 24.1 Å². The molecule has 3 fully saturated rings. The van der Waals surface area contributed by atoms with Crippen LogP contribution in [0.2, 0.25) is 0 Å². The Hall–Kier alpha value is -4.78. The van der Waals surface area contributed by atoms with E-state index in [1.165, 1.54) is 17.7 Å². The van der Waals surface area contributed by atoms with Crippen molar-refractivity contribution in [2.45, 2.75) is 76.4 Å². The summed E-state index contributed by atoms with van der Waals surface area (Å²) in [5, 5.41) is 6.54. The third-order valence-corrected chi connectivity index (χ3v) is 10.5. The highest BCUT2D eigenvalue weighted by atomic mass is 19.1. The van der Waals surface area contributed by atoms with Crippen molar-refractivity contribution in [2.24, 2.45) is 5.41 Å². The number of hydrogen-bond acceptors (Lipinski definition) is 3. The van der Waals surface area contributed by atoms with E-state index in [9.17, 15) is 18.8 Å². The van der Waals surface area contributed by atoms with E-state index in [2.05, 4.69) is 48.7 Å². The van der Waals surface area contributed by atoms with Gasteiger partial charge >= 0.3 is 0 Å². The zero-order valence-corrected chi connectivity index (χ0v) is 28.0. The van der Waals surface area contributed by atoms with Crippen LogP contribution < -0.4 is 10.6 Å². The highest BCUT2D eigenvalue weighted by Crippen LogP contribution is 2.53. The summed E-state index contributed by atoms with van der Waals surface area (Å²) in [4.78, 5) is 43.3. The summed E-state index contributed by atoms with van der Waals surface area (Å²) in [6.07, 6.45) is 4.01. The summed E-state index contributed by atoms with van der Waals surface area (Å²) < 4.78 is 13.5. The summed E-state index contributed by atoms with van der Waals surface area (Å²) in [6, 6.07) is 30.7. The summed E-state index contributed by atoms with van der Waals surface area (Å²) in [5.74, 6) is -0.337. The van der Waals surface area contributed by atoms with Crippen LogP contribution >= 0.6 is 0 Å². The maximum Gasteiger partial charge on any atom is 0.252 e. The first kappa shape index (κ1) is 33.1. The SMILES string of the molecule is CC(C)c1ccc(-c2ccccc2C(=O)NC23CCC(C(=O)N[C@H](C(=O)N(C)Cc4ccc(F)cc4)c4ccccc4)(CC2)CC3)cc1.